The zero-order valence-corrected chi connectivity index (χ0v) is 6.03. The normalized spacial score (nSPS) is 10.4. The smallest absolute Gasteiger partial charge is 0.161 e. The Balaban J connectivity index is 4.41. The van der Waals surface area contributed by atoms with E-state index in [0.717, 1.165) is 0 Å². The number of carbonyl (C=O) groups is 1. The summed E-state index contributed by atoms with van der Waals surface area (Å²) in [5.74, 6) is -0.195. The molecule has 0 heterocycles. The molecule has 0 rings (SSSR count). The van der Waals surface area contributed by atoms with E-state index >= 15 is 0 Å². The van der Waals surface area contributed by atoms with Crippen LogP contribution >= 0.6 is 0 Å². The van der Waals surface area contributed by atoms with Crippen molar-refractivity contribution >= 4 is 5.78 Å². The second-order valence-corrected chi connectivity index (χ2v) is 1.74. The number of rotatable bonds is 3. The first kappa shape index (κ1) is 8.72. The van der Waals surface area contributed by atoms with Gasteiger partial charge in [-0.15, -0.1) is 0 Å². The zero-order valence-electron chi connectivity index (χ0n) is 6.03. The van der Waals surface area contributed by atoms with Gasteiger partial charge in [0.15, 0.2) is 5.78 Å². The number of nitrogens with zero attached hydrogens (tertiary/aromatic N) is 3. The first-order chi connectivity index (χ1) is 4.72. The predicted molar refractivity (Wildman–Crippen MR) is 38.2 cm³/mol. The van der Waals surface area contributed by atoms with Crippen LogP contribution in [0.25, 0.3) is 10.4 Å². The van der Waals surface area contributed by atoms with Gasteiger partial charge in [0.05, 0.1) is 5.70 Å². The summed E-state index contributed by atoms with van der Waals surface area (Å²) in [7, 11) is 0. The van der Waals surface area contributed by atoms with E-state index < -0.39 is 0 Å². The Morgan fingerprint density at radius 1 is 1.80 bits per heavy atom. The lowest BCUT2D eigenvalue weighted by atomic mass is 10.3. The zero-order chi connectivity index (χ0) is 7.98. The highest BCUT2D eigenvalue weighted by atomic mass is 16.1. The molecule has 0 aliphatic rings. The van der Waals surface area contributed by atoms with Gasteiger partial charge >= 0.3 is 0 Å². The molecule has 0 N–H and O–H groups in total. The first-order valence-electron chi connectivity index (χ1n) is 2.98. The Labute approximate surface area is 59.2 Å². The molecule has 0 aromatic heterocycles. The fourth-order valence-corrected chi connectivity index (χ4v) is 0.496. The fourth-order valence-electron chi connectivity index (χ4n) is 0.496. The van der Waals surface area contributed by atoms with Gasteiger partial charge in [-0.1, -0.05) is 18.1 Å². The number of hydrogen-bond donors (Lipinski definition) is 0. The summed E-state index contributed by atoms with van der Waals surface area (Å²) in [5, 5.41) is 3.21. The summed E-state index contributed by atoms with van der Waals surface area (Å²) in [5.41, 5.74) is 8.18. The summed E-state index contributed by atoms with van der Waals surface area (Å²) < 4.78 is 0. The van der Waals surface area contributed by atoms with Crippen LogP contribution in [0.3, 0.4) is 0 Å². The fraction of sp³-hybridized carbons (Fsp3) is 0.500. The van der Waals surface area contributed by atoms with Crippen LogP contribution in [-0.2, 0) is 4.79 Å². The lowest BCUT2D eigenvalue weighted by molar-refractivity contribution is -0.113. The van der Waals surface area contributed by atoms with Crippen LogP contribution in [0, 0.1) is 0 Å². The van der Waals surface area contributed by atoms with Gasteiger partial charge in [-0.3, -0.25) is 4.79 Å². The molecule has 0 aliphatic heterocycles. The molecule has 0 saturated heterocycles. The Kier molecular flexibility index (Phi) is 4.00. The Hall–Kier alpha value is -1.28. The topological polar surface area (TPSA) is 65.8 Å². The van der Waals surface area contributed by atoms with Gasteiger partial charge < -0.3 is 0 Å². The van der Waals surface area contributed by atoms with Crippen molar-refractivity contribution < 1.29 is 4.79 Å². The van der Waals surface area contributed by atoms with Crippen molar-refractivity contribution in [1.82, 2.24) is 0 Å². The van der Waals surface area contributed by atoms with Crippen LogP contribution in [0.1, 0.15) is 20.3 Å². The number of azide groups is 1. The maximum atomic E-state index is 10.6. The molecule has 0 fully saturated rings. The lowest BCUT2D eigenvalue weighted by Crippen LogP contribution is -1.91. The maximum absolute atomic E-state index is 10.6. The molecule has 0 atom stereocenters. The van der Waals surface area contributed by atoms with E-state index in [2.05, 4.69) is 10.0 Å². The Bertz CT molecular complexity index is 197. The lowest BCUT2D eigenvalue weighted by Gasteiger charge is -1.89. The maximum Gasteiger partial charge on any atom is 0.161 e. The van der Waals surface area contributed by atoms with Crippen molar-refractivity contribution in [3.8, 4) is 0 Å². The minimum absolute atomic E-state index is 0.195. The van der Waals surface area contributed by atoms with Crippen molar-refractivity contribution in [2.45, 2.75) is 20.3 Å². The monoisotopic (exact) mass is 139 g/mol. The van der Waals surface area contributed by atoms with Crippen LogP contribution in [0.5, 0.6) is 0 Å². The average molecular weight is 139 g/mol. The SMILES string of the molecule is CC/C=C(\N=[N+]=[N-])C(C)=O. The number of Topliss-reactive ketones (excluding diaryl/α,β-unsaturated/α-hetero) is 1. The quantitative estimate of drug-likeness (QED) is 0.256. The third-order valence-electron chi connectivity index (χ3n) is 0.911. The predicted octanol–water partition coefficient (Wildman–Crippen LogP) is 2.18. The minimum atomic E-state index is -0.195. The van der Waals surface area contributed by atoms with Crippen LogP contribution in [0.15, 0.2) is 16.9 Å². The second kappa shape index (κ2) is 4.58. The van der Waals surface area contributed by atoms with Crippen molar-refractivity contribution in [1.29, 1.82) is 0 Å². The van der Waals surface area contributed by atoms with Crippen molar-refractivity contribution in [2.75, 3.05) is 0 Å². The molecule has 0 spiro atoms. The van der Waals surface area contributed by atoms with Gasteiger partial charge in [0, 0.05) is 4.91 Å². The van der Waals surface area contributed by atoms with Gasteiger partial charge in [-0.05, 0) is 18.9 Å². The van der Waals surface area contributed by atoms with Crippen LogP contribution < -0.4 is 0 Å². The second-order valence-electron chi connectivity index (χ2n) is 1.74. The van der Waals surface area contributed by atoms with Crippen molar-refractivity contribution in [3.63, 3.8) is 0 Å². The number of allylic oxidation sites excluding steroid dienone is 2. The van der Waals surface area contributed by atoms with Crippen molar-refractivity contribution in [3.05, 3.63) is 22.2 Å². The molecule has 0 aromatic carbocycles. The van der Waals surface area contributed by atoms with Gasteiger partial charge in [-0.25, -0.2) is 0 Å². The van der Waals surface area contributed by atoms with Crippen LogP contribution in [0.2, 0.25) is 0 Å². The molecule has 4 nitrogen and oxygen atoms in total. The van der Waals surface area contributed by atoms with Gasteiger partial charge in [0.1, 0.15) is 0 Å². The van der Waals surface area contributed by atoms with E-state index in [9.17, 15) is 4.79 Å². The highest BCUT2D eigenvalue weighted by Crippen LogP contribution is 1.99. The third-order valence-corrected chi connectivity index (χ3v) is 0.911. The van der Waals surface area contributed by atoms with Gasteiger partial charge in [0.25, 0.3) is 0 Å². The Morgan fingerprint density at radius 3 is 2.70 bits per heavy atom. The summed E-state index contributed by atoms with van der Waals surface area (Å²) in [6.07, 6.45) is 2.30. The standard InChI is InChI=1S/C6H9N3O/c1-3-4-6(5(2)10)8-9-7/h4H,3H2,1-2H3/b6-4-. The number of carbonyl (C=O) groups excluding carboxylic acids is 1. The summed E-state index contributed by atoms with van der Waals surface area (Å²) >= 11 is 0. The molecule has 0 unspecified atom stereocenters. The molecular weight excluding hydrogens is 130 g/mol. The highest BCUT2D eigenvalue weighted by Gasteiger charge is 1.96. The molecule has 0 aliphatic carbocycles. The molecular formula is C6H9N3O. The third kappa shape index (κ3) is 2.89. The van der Waals surface area contributed by atoms with Crippen LogP contribution in [0.4, 0.5) is 0 Å². The summed E-state index contributed by atoms with van der Waals surface area (Å²) in [6, 6.07) is 0. The molecule has 4 heteroatoms. The van der Waals surface area contributed by atoms with Crippen molar-refractivity contribution in [2.24, 2.45) is 5.11 Å². The number of ketones is 1. The molecule has 0 aromatic rings. The van der Waals surface area contributed by atoms with Gasteiger partial charge in [-0.2, -0.15) is 0 Å². The van der Waals surface area contributed by atoms with E-state index in [1.54, 1.807) is 6.08 Å². The average Bonchev–Trinajstić information content (AvgIpc) is 1.87. The largest absolute Gasteiger partial charge is 0.295 e. The molecule has 54 valence electrons. The summed E-state index contributed by atoms with van der Waals surface area (Å²) in [6.45, 7) is 3.24. The van der Waals surface area contributed by atoms with E-state index in [1.807, 2.05) is 6.92 Å². The summed E-state index contributed by atoms with van der Waals surface area (Å²) in [4.78, 5) is 13.1. The van der Waals surface area contributed by atoms with E-state index in [1.165, 1.54) is 6.92 Å². The van der Waals surface area contributed by atoms with Gasteiger partial charge in [0.2, 0.25) is 0 Å². The van der Waals surface area contributed by atoms with E-state index in [0.29, 0.717) is 6.42 Å². The first-order valence-corrected chi connectivity index (χ1v) is 2.98. The molecule has 10 heavy (non-hydrogen) atoms. The molecule has 0 radical (unpaired) electrons. The minimum Gasteiger partial charge on any atom is -0.295 e. The molecule has 0 amide bonds. The van der Waals surface area contributed by atoms with E-state index in [4.69, 9.17) is 5.53 Å². The number of hydrogen-bond acceptors (Lipinski definition) is 2. The highest BCUT2D eigenvalue weighted by molar-refractivity contribution is 5.92. The molecule has 0 saturated carbocycles. The van der Waals surface area contributed by atoms with E-state index in [-0.39, 0.29) is 11.5 Å². The molecule has 0 bridgehead atoms. The Morgan fingerprint density at radius 2 is 2.40 bits per heavy atom. The van der Waals surface area contributed by atoms with Crippen LogP contribution in [-0.4, -0.2) is 5.78 Å².